The molecule has 284 valence electrons. The lowest BCUT2D eigenvalue weighted by Gasteiger charge is -2.24. The SMILES string of the molecule is CC(C)(C)OC(=O)C[C@H](NC(=O)[C@H](CCCCNC(=O)OC(C)(C)C)NC(=O)OCC1c2ccccc2-c2ccccc21)C(=O)OCc1ccccc1. The molecule has 0 bridgehead atoms. The first-order valence-corrected chi connectivity index (χ1v) is 17.9. The van der Waals surface area contributed by atoms with Gasteiger partial charge in [-0.15, -0.1) is 0 Å². The summed E-state index contributed by atoms with van der Waals surface area (Å²) in [6.45, 7) is 10.6. The Morgan fingerprint density at radius 2 is 1.25 bits per heavy atom. The highest BCUT2D eigenvalue weighted by Gasteiger charge is 2.33. The molecule has 53 heavy (non-hydrogen) atoms. The van der Waals surface area contributed by atoms with Gasteiger partial charge in [-0.25, -0.2) is 14.4 Å². The third kappa shape index (κ3) is 13.0. The second kappa shape index (κ2) is 18.4. The largest absolute Gasteiger partial charge is 0.460 e. The van der Waals surface area contributed by atoms with Crippen molar-refractivity contribution < 1.29 is 42.9 Å². The van der Waals surface area contributed by atoms with E-state index in [2.05, 4.69) is 16.0 Å². The highest BCUT2D eigenvalue weighted by Crippen LogP contribution is 2.44. The first-order chi connectivity index (χ1) is 25.1. The van der Waals surface area contributed by atoms with Crippen LogP contribution in [-0.2, 0) is 39.9 Å². The molecular weight excluding hydrogens is 678 g/mol. The lowest BCUT2D eigenvalue weighted by molar-refractivity contribution is -0.160. The van der Waals surface area contributed by atoms with Gasteiger partial charge in [0.15, 0.2) is 0 Å². The van der Waals surface area contributed by atoms with Gasteiger partial charge in [0.2, 0.25) is 5.91 Å². The lowest BCUT2D eigenvalue weighted by Crippen LogP contribution is -2.52. The zero-order valence-corrected chi connectivity index (χ0v) is 31.4. The van der Waals surface area contributed by atoms with Crippen molar-refractivity contribution in [1.82, 2.24) is 16.0 Å². The third-order valence-corrected chi connectivity index (χ3v) is 8.16. The van der Waals surface area contributed by atoms with Crippen LogP contribution in [0.3, 0.4) is 0 Å². The van der Waals surface area contributed by atoms with Gasteiger partial charge >= 0.3 is 24.1 Å². The van der Waals surface area contributed by atoms with Crippen LogP contribution in [0.15, 0.2) is 78.9 Å². The number of carbonyl (C=O) groups is 5. The maximum absolute atomic E-state index is 13.8. The second-order valence-electron chi connectivity index (χ2n) is 14.9. The number of benzene rings is 3. The molecule has 0 spiro atoms. The van der Waals surface area contributed by atoms with Crippen molar-refractivity contribution in [2.24, 2.45) is 0 Å². The number of nitrogens with one attached hydrogen (secondary N) is 3. The van der Waals surface area contributed by atoms with Crippen LogP contribution < -0.4 is 16.0 Å². The minimum Gasteiger partial charge on any atom is -0.460 e. The van der Waals surface area contributed by atoms with Crippen LogP contribution in [0.25, 0.3) is 11.1 Å². The number of carbonyl (C=O) groups excluding carboxylic acids is 5. The third-order valence-electron chi connectivity index (χ3n) is 8.16. The number of unbranched alkanes of at least 4 members (excludes halogenated alkanes) is 1. The Kier molecular flexibility index (Phi) is 14.0. The molecule has 0 unspecified atom stereocenters. The molecule has 1 aliphatic rings. The number of amides is 3. The van der Waals surface area contributed by atoms with Gasteiger partial charge in [-0.05, 0) is 88.6 Å². The van der Waals surface area contributed by atoms with Crippen LogP contribution in [0.1, 0.15) is 89.8 Å². The zero-order valence-electron chi connectivity index (χ0n) is 31.4. The van der Waals surface area contributed by atoms with Crippen molar-refractivity contribution >= 4 is 30.0 Å². The Labute approximate surface area is 311 Å². The van der Waals surface area contributed by atoms with Gasteiger partial charge in [-0.1, -0.05) is 78.9 Å². The number of hydrogen-bond donors (Lipinski definition) is 3. The zero-order chi connectivity index (χ0) is 38.6. The summed E-state index contributed by atoms with van der Waals surface area (Å²) < 4.78 is 21.9. The maximum Gasteiger partial charge on any atom is 0.407 e. The molecule has 0 aromatic heterocycles. The highest BCUT2D eigenvalue weighted by atomic mass is 16.6. The summed E-state index contributed by atoms with van der Waals surface area (Å²) in [5.41, 5.74) is 3.45. The van der Waals surface area contributed by atoms with Gasteiger partial charge in [0, 0.05) is 12.5 Å². The predicted octanol–water partition coefficient (Wildman–Crippen LogP) is 6.55. The first kappa shape index (κ1) is 40.4. The molecule has 0 radical (unpaired) electrons. The van der Waals surface area contributed by atoms with Crippen LogP contribution in [0.2, 0.25) is 0 Å². The van der Waals surface area contributed by atoms with Crippen LogP contribution in [0, 0.1) is 0 Å². The Balaban J connectivity index is 1.45. The molecule has 12 heteroatoms. The molecular formula is C41H51N3O9. The summed E-state index contributed by atoms with van der Waals surface area (Å²) in [6, 6.07) is 22.3. The van der Waals surface area contributed by atoms with Gasteiger partial charge in [-0.3, -0.25) is 9.59 Å². The molecule has 0 fully saturated rings. The van der Waals surface area contributed by atoms with E-state index in [1.54, 1.807) is 65.8 Å². The molecule has 4 rings (SSSR count). The van der Waals surface area contributed by atoms with Gasteiger partial charge in [0.25, 0.3) is 0 Å². The van der Waals surface area contributed by atoms with Crippen LogP contribution in [-0.4, -0.2) is 66.5 Å². The molecule has 3 aromatic carbocycles. The summed E-state index contributed by atoms with van der Waals surface area (Å²) in [6.07, 6.45) is -0.905. The molecule has 2 atom stereocenters. The average Bonchev–Trinajstić information content (AvgIpc) is 3.41. The topological polar surface area (TPSA) is 158 Å². The number of alkyl carbamates (subject to hydrolysis) is 2. The number of ether oxygens (including phenoxy) is 4. The summed E-state index contributed by atoms with van der Waals surface area (Å²) >= 11 is 0. The van der Waals surface area contributed by atoms with Gasteiger partial charge < -0.3 is 34.9 Å². The molecule has 0 heterocycles. The Morgan fingerprint density at radius 3 is 1.85 bits per heavy atom. The number of rotatable bonds is 15. The van der Waals surface area contributed by atoms with Crippen molar-refractivity contribution in [3.05, 3.63) is 95.6 Å². The van der Waals surface area contributed by atoms with E-state index < -0.39 is 59.7 Å². The summed E-state index contributed by atoms with van der Waals surface area (Å²) in [5.74, 6) is -2.47. The lowest BCUT2D eigenvalue weighted by atomic mass is 9.98. The predicted molar refractivity (Wildman–Crippen MR) is 199 cm³/mol. The van der Waals surface area contributed by atoms with E-state index in [9.17, 15) is 24.0 Å². The molecule has 3 N–H and O–H groups in total. The maximum atomic E-state index is 13.8. The Bertz CT molecular complexity index is 1680. The highest BCUT2D eigenvalue weighted by molar-refractivity contribution is 5.91. The van der Waals surface area contributed by atoms with Gasteiger partial charge in [0.05, 0.1) is 6.42 Å². The van der Waals surface area contributed by atoms with E-state index in [1.807, 2.05) is 54.6 Å². The van der Waals surface area contributed by atoms with Crippen molar-refractivity contribution in [1.29, 1.82) is 0 Å². The number of fused-ring (bicyclic) bond motifs is 3. The Morgan fingerprint density at radius 1 is 0.660 bits per heavy atom. The van der Waals surface area contributed by atoms with Crippen LogP contribution >= 0.6 is 0 Å². The fourth-order valence-electron chi connectivity index (χ4n) is 5.87. The van der Waals surface area contributed by atoms with E-state index in [1.165, 1.54) is 0 Å². The normalized spacial score (nSPS) is 13.4. The smallest absolute Gasteiger partial charge is 0.407 e. The fourth-order valence-corrected chi connectivity index (χ4v) is 5.87. The van der Waals surface area contributed by atoms with E-state index in [-0.39, 0.29) is 32.1 Å². The number of esters is 2. The van der Waals surface area contributed by atoms with Gasteiger partial charge in [-0.2, -0.15) is 0 Å². The molecule has 0 saturated heterocycles. The van der Waals surface area contributed by atoms with E-state index in [0.717, 1.165) is 27.8 Å². The minimum absolute atomic E-state index is 0.0289. The fraction of sp³-hybridized carbons (Fsp3) is 0.439. The van der Waals surface area contributed by atoms with Crippen molar-refractivity contribution in [2.45, 2.75) is 103 Å². The summed E-state index contributed by atoms with van der Waals surface area (Å²) in [5, 5.41) is 7.95. The molecule has 3 amide bonds. The molecule has 1 aliphatic carbocycles. The van der Waals surface area contributed by atoms with Crippen molar-refractivity contribution in [2.75, 3.05) is 13.2 Å². The molecule has 0 aliphatic heterocycles. The van der Waals surface area contributed by atoms with E-state index >= 15 is 0 Å². The average molecular weight is 730 g/mol. The quantitative estimate of drug-likeness (QED) is 0.0897. The van der Waals surface area contributed by atoms with Crippen molar-refractivity contribution in [3.63, 3.8) is 0 Å². The molecule has 3 aromatic rings. The standard InChI is InChI=1S/C41H51N3O9/c1-40(2,3)52-35(45)24-34(37(47)50-25-27-16-8-7-9-17-27)43-36(46)33(22-14-15-23-42-38(48)53-41(4,5)6)44-39(49)51-26-32-30-20-12-10-18-28(30)29-19-11-13-21-31(29)32/h7-13,16-21,32-34H,14-15,22-26H2,1-6H3,(H,42,48)(H,43,46)(H,44,49)/t33-,34-/m0/s1. The van der Waals surface area contributed by atoms with Crippen molar-refractivity contribution in [3.8, 4) is 11.1 Å². The monoisotopic (exact) mass is 729 g/mol. The Hall–Kier alpha value is -5.39. The van der Waals surface area contributed by atoms with Gasteiger partial charge in [0.1, 0.15) is 36.5 Å². The van der Waals surface area contributed by atoms with Crippen LogP contribution in [0.4, 0.5) is 9.59 Å². The molecule has 12 nitrogen and oxygen atoms in total. The summed E-state index contributed by atoms with van der Waals surface area (Å²) in [7, 11) is 0. The number of hydrogen-bond acceptors (Lipinski definition) is 9. The van der Waals surface area contributed by atoms with E-state index in [4.69, 9.17) is 18.9 Å². The second-order valence-corrected chi connectivity index (χ2v) is 14.9. The minimum atomic E-state index is -1.40. The van der Waals surface area contributed by atoms with Crippen LogP contribution in [0.5, 0.6) is 0 Å². The first-order valence-electron chi connectivity index (χ1n) is 17.9. The van der Waals surface area contributed by atoms with E-state index in [0.29, 0.717) is 12.8 Å². The summed E-state index contributed by atoms with van der Waals surface area (Å²) in [4.78, 5) is 65.4. The molecule has 0 saturated carbocycles.